The highest BCUT2D eigenvalue weighted by Gasteiger charge is 2.30. The molecule has 0 radical (unpaired) electrons. The smallest absolute Gasteiger partial charge is 0.408 e. The molecule has 18 heavy (non-hydrogen) atoms. The van der Waals surface area contributed by atoms with Crippen LogP contribution < -0.4 is 10.7 Å². The van der Waals surface area contributed by atoms with Crippen LogP contribution in [0.25, 0.3) is 11.1 Å². The van der Waals surface area contributed by atoms with Gasteiger partial charge < -0.3 is 14.4 Å². The molecule has 1 aliphatic rings. The molecule has 6 heteroatoms. The number of fused-ring (bicyclic) bond motifs is 1. The molecule has 1 fully saturated rings. The van der Waals surface area contributed by atoms with Crippen LogP contribution in [-0.2, 0) is 4.79 Å². The van der Waals surface area contributed by atoms with E-state index in [4.69, 9.17) is 9.52 Å². The van der Waals surface area contributed by atoms with E-state index in [9.17, 15) is 9.59 Å². The zero-order valence-electron chi connectivity index (χ0n) is 9.55. The summed E-state index contributed by atoms with van der Waals surface area (Å²) in [5.41, 5.74) is 1.72. The van der Waals surface area contributed by atoms with Gasteiger partial charge in [-0.2, -0.15) is 0 Å². The fraction of sp³-hybridized carbons (Fsp3) is 0.333. The molecule has 1 amide bonds. The second-order valence-electron chi connectivity index (χ2n) is 4.45. The van der Waals surface area contributed by atoms with E-state index in [0.29, 0.717) is 29.8 Å². The highest BCUT2D eigenvalue weighted by atomic mass is 16.4. The normalized spacial score (nSPS) is 19.9. The van der Waals surface area contributed by atoms with E-state index in [1.807, 2.05) is 0 Å². The molecule has 2 N–H and O–H groups in total. The molecular weight excluding hydrogens is 236 g/mol. The number of amides is 1. The number of anilines is 1. The molecule has 1 atom stereocenters. The van der Waals surface area contributed by atoms with Gasteiger partial charge in [-0.25, -0.2) is 4.79 Å². The number of aliphatic hydroxyl groups is 1. The van der Waals surface area contributed by atoms with Gasteiger partial charge in [0.1, 0.15) is 0 Å². The van der Waals surface area contributed by atoms with Crippen LogP contribution in [0.3, 0.4) is 0 Å². The van der Waals surface area contributed by atoms with Gasteiger partial charge in [0.25, 0.3) is 0 Å². The van der Waals surface area contributed by atoms with Crippen molar-refractivity contribution in [1.82, 2.24) is 4.98 Å². The Hall–Kier alpha value is -2.08. The average molecular weight is 248 g/mol. The molecule has 6 nitrogen and oxygen atoms in total. The number of nitrogens with zero attached hydrogens (tertiary/aromatic N) is 1. The maximum absolute atomic E-state index is 11.8. The third kappa shape index (κ3) is 1.70. The second kappa shape index (κ2) is 3.99. The molecule has 3 rings (SSSR count). The Morgan fingerprint density at radius 3 is 3.00 bits per heavy atom. The van der Waals surface area contributed by atoms with E-state index in [0.717, 1.165) is 0 Å². The first-order valence-corrected chi connectivity index (χ1v) is 5.71. The minimum absolute atomic E-state index is 0.00369. The molecule has 1 unspecified atom stereocenters. The van der Waals surface area contributed by atoms with Crippen molar-refractivity contribution in [3.63, 3.8) is 0 Å². The van der Waals surface area contributed by atoms with Crippen LogP contribution in [0.1, 0.15) is 6.42 Å². The minimum atomic E-state index is -0.511. The highest BCUT2D eigenvalue weighted by molar-refractivity contribution is 5.97. The van der Waals surface area contributed by atoms with Crippen molar-refractivity contribution < 1.29 is 14.3 Å². The van der Waals surface area contributed by atoms with Crippen LogP contribution in [0.2, 0.25) is 0 Å². The van der Waals surface area contributed by atoms with Gasteiger partial charge in [0.2, 0.25) is 5.91 Å². The predicted octanol–water partition coefficient (Wildman–Crippen LogP) is 0.466. The van der Waals surface area contributed by atoms with Crippen molar-refractivity contribution in [3.05, 3.63) is 28.7 Å². The molecule has 94 valence electrons. The number of aromatic nitrogens is 1. The van der Waals surface area contributed by atoms with Gasteiger partial charge in [-0.3, -0.25) is 9.78 Å². The van der Waals surface area contributed by atoms with E-state index in [-0.39, 0.29) is 18.4 Å². The first-order valence-electron chi connectivity index (χ1n) is 5.71. The Morgan fingerprint density at radius 1 is 1.44 bits per heavy atom. The van der Waals surface area contributed by atoms with E-state index >= 15 is 0 Å². The van der Waals surface area contributed by atoms with Crippen LogP contribution in [0, 0.1) is 5.92 Å². The summed E-state index contributed by atoms with van der Waals surface area (Å²) in [6, 6.07) is 5.12. The van der Waals surface area contributed by atoms with Gasteiger partial charge in [0, 0.05) is 37.2 Å². The van der Waals surface area contributed by atoms with Crippen LogP contribution in [0.4, 0.5) is 5.69 Å². The van der Waals surface area contributed by atoms with Crippen molar-refractivity contribution in [2.24, 2.45) is 5.92 Å². The van der Waals surface area contributed by atoms with Crippen molar-refractivity contribution in [2.45, 2.75) is 6.42 Å². The number of oxazole rings is 1. The van der Waals surface area contributed by atoms with Crippen molar-refractivity contribution in [3.8, 4) is 0 Å². The van der Waals surface area contributed by atoms with Gasteiger partial charge >= 0.3 is 5.76 Å². The largest absolute Gasteiger partial charge is 0.417 e. The lowest BCUT2D eigenvalue weighted by Crippen LogP contribution is -2.24. The average Bonchev–Trinajstić information content (AvgIpc) is 2.89. The van der Waals surface area contributed by atoms with E-state index in [1.165, 1.54) is 0 Å². The molecule has 0 aliphatic carbocycles. The Kier molecular flexibility index (Phi) is 2.45. The van der Waals surface area contributed by atoms with Crippen LogP contribution in [0.5, 0.6) is 0 Å². The maximum atomic E-state index is 11.8. The Morgan fingerprint density at radius 2 is 2.28 bits per heavy atom. The summed E-state index contributed by atoms with van der Waals surface area (Å²) >= 11 is 0. The van der Waals surface area contributed by atoms with E-state index in [1.54, 1.807) is 23.1 Å². The fourth-order valence-corrected chi connectivity index (χ4v) is 2.26. The Labute approximate surface area is 102 Å². The van der Waals surface area contributed by atoms with Crippen molar-refractivity contribution in [2.75, 3.05) is 18.1 Å². The topological polar surface area (TPSA) is 86.5 Å². The summed E-state index contributed by atoms with van der Waals surface area (Å²) in [5.74, 6) is -0.555. The molecule has 1 aromatic heterocycles. The van der Waals surface area contributed by atoms with Gasteiger partial charge in [0.15, 0.2) is 5.58 Å². The third-order valence-corrected chi connectivity index (χ3v) is 3.18. The standard InChI is InChI=1S/C12H12N2O4/c15-6-7-3-11(16)14(5-7)8-1-2-9-10(4-8)18-12(17)13-9/h1-2,4,7,15H,3,5-6H2,(H,13,17). The molecule has 1 aromatic carbocycles. The van der Waals surface area contributed by atoms with Crippen molar-refractivity contribution in [1.29, 1.82) is 0 Å². The molecule has 0 saturated carbocycles. The lowest BCUT2D eigenvalue weighted by Gasteiger charge is -2.15. The number of nitrogens with one attached hydrogen (secondary N) is 1. The number of rotatable bonds is 2. The minimum Gasteiger partial charge on any atom is -0.408 e. The number of hydrogen-bond donors (Lipinski definition) is 2. The summed E-state index contributed by atoms with van der Waals surface area (Å²) < 4.78 is 4.96. The van der Waals surface area contributed by atoms with Crippen molar-refractivity contribution >= 4 is 22.7 Å². The summed E-state index contributed by atoms with van der Waals surface area (Å²) in [5, 5.41) is 9.08. The first-order chi connectivity index (χ1) is 8.67. The zero-order valence-corrected chi connectivity index (χ0v) is 9.55. The Bertz CT molecular complexity index is 657. The highest BCUT2D eigenvalue weighted by Crippen LogP contribution is 2.27. The number of aromatic amines is 1. The third-order valence-electron chi connectivity index (χ3n) is 3.18. The quantitative estimate of drug-likeness (QED) is 0.808. The molecule has 1 aliphatic heterocycles. The lowest BCUT2D eigenvalue weighted by molar-refractivity contribution is -0.117. The predicted molar refractivity (Wildman–Crippen MR) is 64.4 cm³/mol. The van der Waals surface area contributed by atoms with E-state index < -0.39 is 5.76 Å². The van der Waals surface area contributed by atoms with Crippen LogP contribution >= 0.6 is 0 Å². The molecule has 0 spiro atoms. The summed E-state index contributed by atoms with van der Waals surface area (Å²) in [6.07, 6.45) is 0.353. The molecule has 1 saturated heterocycles. The van der Waals surface area contributed by atoms with Gasteiger partial charge in [-0.1, -0.05) is 0 Å². The molecular formula is C12H12N2O4. The monoisotopic (exact) mass is 248 g/mol. The number of carbonyl (C=O) groups excluding carboxylic acids is 1. The number of H-pyrrole nitrogens is 1. The lowest BCUT2D eigenvalue weighted by atomic mass is 10.1. The van der Waals surface area contributed by atoms with Gasteiger partial charge in [-0.05, 0) is 12.1 Å². The number of hydrogen-bond acceptors (Lipinski definition) is 4. The van der Waals surface area contributed by atoms with Crippen LogP contribution in [0.15, 0.2) is 27.4 Å². The van der Waals surface area contributed by atoms with E-state index in [2.05, 4.69) is 4.98 Å². The molecule has 0 bridgehead atoms. The molecule has 2 aromatic rings. The van der Waals surface area contributed by atoms with Gasteiger partial charge in [0.05, 0.1) is 5.52 Å². The fourth-order valence-electron chi connectivity index (χ4n) is 2.26. The van der Waals surface area contributed by atoms with Crippen LogP contribution in [-0.4, -0.2) is 29.1 Å². The zero-order chi connectivity index (χ0) is 12.7. The Balaban J connectivity index is 1.99. The maximum Gasteiger partial charge on any atom is 0.417 e. The first kappa shape index (κ1) is 11.0. The second-order valence-corrected chi connectivity index (χ2v) is 4.45. The van der Waals surface area contributed by atoms with Gasteiger partial charge in [-0.15, -0.1) is 0 Å². The molecule has 2 heterocycles. The summed E-state index contributed by atoms with van der Waals surface area (Å²) in [7, 11) is 0. The summed E-state index contributed by atoms with van der Waals surface area (Å²) in [6.45, 7) is 0.499. The SMILES string of the molecule is O=C1CC(CO)CN1c1ccc2[nH]c(=O)oc2c1. The summed E-state index contributed by atoms with van der Waals surface area (Å²) in [4.78, 5) is 27.0. The number of benzene rings is 1. The number of aliphatic hydroxyl groups excluding tert-OH is 1. The number of carbonyl (C=O) groups is 1.